The molecule has 1 aliphatic rings. The lowest BCUT2D eigenvalue weighted by Gasteiger charge is -2.38. The van der Waals surface area contributed by atoms with E-state index in [1.165, 1.54) is 22.6 Å². The van der Waals surface area contributed by atoms with Crippen molar-refractivity contribution in [1.82, 2.24) is 29.4 Å². The van der Waals surface area contributed by atoms with Crippen LogP contribution >= 0.6 is 0 Å². The number of carbonyl (C=O) groups excluding carboxylic acids is 1. The molecule has 0 unspecified atom stereocenters. The Morgan fingerprint density at radius 2 is 1.79 bits per heavy atom. The lowest BCUT2D eigenvalue weighted by atomic mass is 10.0. The fourth-order valence-corrected chi connectivity index (χ4v) is 4.26. The number of aromatic nitrogens is 4. The fourth-order valence-electron chi connectivity index (χ4n) is 4.26. The molecule has 4 rings (SSSR count). The highest BCUT2D eigenvalue weighted by Gasteiger charge is 2.37. The Labute approximate surface area is 192 Å². The molecule has 10 heteroatoms. The number of aryl methyl sites for hydroxylation is 1. The van der Waals surface area contributed by atoms with Gasteiger partial charge in [-0.15, -0.1) is 0 Å². The lowest BCUT2D eigenvalue weighted by Crippen LogP contribution is -2.54. The van der Waals surface area contributed by atoms with Gasteiger partial charge in [-0.25, -0.2) is 4.68 Å². The van der Waals surface area contributed by atoms with E-state index in [2.05, 4.69) is 16.9 Å². The predicted octanol–water partition coefficient (Wildman–Crippen LogP) is 2.67. The predicted molar refractivity (Wildman–Crippen MR) is 123 cm³/mol. The van der Waals surface area contributed by atoms with Gasteiger partial charge in [-0.3, -0.25) is 24.5 Å². The maximum Gasteiger partial charge on any atom is 0.307 e. The Bertz CT molecular complexity index is 1160. The van der Waals surface area contributed by atoms with Crippen LogP contribution in [0.25, 0.3) is 5.69 Å². The van der Waals surface area contributed by atoms with E-state index < -0.39 is 10.5 Å². The van der Waals surface area contributed by atoms with Crippen molar-refractivity contribution in [1.29, 1.82) is 0 Å². The summed E-state index contributed by atoms with van der Waals surface area (Å²) < 4.78 is 3.36. The summed E-state index contributed by atoms with van der Waals surface area (Å²) in [6.07, 6.45) is 2.48. The zero-order valence-corrected chi connectivity index (χ0v) is 19.4. The van der Waals surface area contributed by atoms with Gasteiger partial charge in [-0.1, -0.05) is 18.2 Å². The molecular weight excluding hydrogens is 422 g/mol. The van der Waals surface area contributed by atoms with Crippen molar-refractivity contribution in [2.24, 2.45) is 0 Å². The highest BCUT2D eigenvalue weighted by molar-refractivity contribution is 5.83. The van der Waals surface area contributed by atoms with E-state index in [0.29, 0.717) is 13.1 Å². The molecule has 0 radical (unpaired) electrons. The van der Waals surface area contributed by atoms with Crippen molar-refractivity contribution < 1.29 is 9.72 Å². The molecule has 10 nitrogen and oxygen atoms in total. The van der Waals surface area contributed by atoms with E-state index in [0.717, 1.165) is 36.7 Å². The van der Waals surface area contributed by atoms with E-state index in [1.54, 1.807) is 13.8 Å². The summed E-state index contributed by atoms with van der Waals surface area (Å²) in [5.74, 6) is -0.0931. The van der Waals surface area contributed by atoms with Gasteiger partial charge >= 0.3 is 5.69 Å². The van der Waals surface area contributed by atoms with E-state index in [-0.39, 0.29) is 11.6 Å². The molecule has 0 aliphatic carbocycles. The van der Waals surface area contributed by atoms with Crippen LogP contribution in [0.2, 0.25) is 0 Å². The van der Waals surface area contributed by atoms with Crippen LogP contribution in [0.15, 0.2) is 42.7 Å². The third-order valence-electron chi connectivity index (χ3n) is 6.36. The van der Waals surface area contributed by atoms with Crippen molar-refractivity contribution in [3.63, 3.8) is 0 Å². The summed E-state index contributed by atoms with van der Waals surface area (Å²) in [5, 5.41) is 19.8. The molecule has 1 saturated heterocycles. The molecule has 33 heavy (non-hydrogen) atoms. The van der Waals surface area contributed by atoms with Crippen LogP contribution in [0.1, 0.15) is 30.8 Å². The Kier molecular flexibility index (Phi) is 6.03. The summed E-state index contributed by atoms with van der Waals surface area (Å²) in [7, 11) is 0. The van der Waals surface area contributed by atoms with Gasteiger partial charge < -0.3 is 4.90 Å². The van der Waals surface area contributed by atoms with Gasteiger partial charge in [0.05, 0.1) is 16.3 Å². The number of benzene rings is 1. The van der Waals surface area contributed by atoms with E-state index in [9.17, 15) is 14.9 Å². The minimum atomic E-state index is -1.000. The molecule has 174 valence electrons. The van der Waals surface area contributed by atoms with Crippen LogP contribution in [0, 0.1) is 24.0 Å². The molecule has 1 aliphatic heterocycles. The molecule has 2 aromatic heterocycles. The highest BCUT2D eigenvalue weighted by atomic mass is 16.6. The molecule has 0 bridgehead atoms. The summed E-state index contributed by atoms with van der Waals surface area (Å²) in [6.45, 7) is 11.1. The molecular formula is C23H29N7O3. The Balaban J connectivity index is 1.41. The first-order chi connectivity index (χ1) is 15.7. The maximum atomic E-state index is 13.2. The smallest absolute Gasteiger partial charge is 0.307 e. The van der Waals surface area contributed by atoms with Crippen LogP contribution in [-0.4, -0.2) is 66.4 Å². The molecule has 0 saturated carbocycles. The van der Waals surface area contributed by atoms with Gasteiger partial charge in [0.25, 0.3) is 0 Å². The summed E-state index contributed by atoms with van der Waals surface area (Å²) in [5.41, 5.74) is 3.27. The normalized spacial score (nSPS) is 15.1. The first-order valence-electron chi connectivity index (χ1n) is 11.0. The van der Waals surface area contributed by atoms with E-state index >= 15 is 0 Å². The van der Waals surface area contributed by atoms with Gasteiger partial charge in [0.15, 0.2) is 0 Å². The number of para-hydroxylation sites is 1. The van der Waals surface area contributed by atoms with Gasteiger partial charge in [0.1, 0.15) is 17.9 Å². The van der Waals surface area contributed by atoms with E-state index in [1.807, 2.05) is 46.8 Å². The molecule has 0 spiro atoms. The molecule has 3 aromatic rings. The number of amides is 1. The molecule has 1 fully saturated rings. The Morgan fingerprint density at radius 1 is 1.12 bits per heavy atom. The molecule has 0 N–H and O–H groups in total. The van der Waals surface area contributed by atoms with Gasteiger partial charge in [0.2, 0.25) is 5.91 Å². The number of piperazine rings is 1. The number of hydrogen-bond donors (Lipinski definition) is 0. The second-order valence-electron chi connectivity index (χ2n) is 8.92. The SMILES string of the molecule is Cc1nn(-c2ccccc2)c(C)c1CN1CCN(C(=O)C(C)(C)n2cc([N+](=O)[O-])cn2)CC1. The maximum absolute atomic E-state index is 13.2. The lowest BCUT2D eigenvalue weighted by molar-refractivity contribution is -0.385. The third kappa shape index (κ3) is 4.38. The molecule has 3 heterocycles. The van der Waals surface area contributed by atoms with Crippen molar-refractivity contribution in [2.45, 2.75) is 39.8 Å². The monoisotopic (exact) mass is 451 g/mol. The van der Waals surface area contributed by atoms with Gasteiger partial charge in [-0.05, 0) is 39.8 Å². The summed E-state index contributed by atoms with van der Waals surface area (Å²) in [4.78, 5) is 27.8. The van der Waals surface area contributed by atoms with Crippen molar-refractivity contribution in [2.75, 3.05) is 26.2 Å². The van der Waals surface area contributed by atoms with Crippen molar-refractivity contribution in [3.05, 3.63) is 69.8 Å². The number of rotatable bonds is 6. The minimum Gasteiger partial charge on any atom is -0.338 e. The third-order valence-corrected chi connectivity index (χ3v) is 6.36. The van der Waals surface area contributed by atoms with Crippen LogP contribution < -0.4 is 0 Å². The van der Waals surface area contributed by atoms with Gasteiger partial charge in [-0.2, -0.15) is 10.2 Å². The van der Waals surface area contributed by atoms with Crippen LogP contribution in [0.5, 0.6) is 0 Å². The Hall–Kier alpha value is -3.53. The number of nitrogens with zero attached hydrogens (tertiary/aromatic N) is 7. The number of carbonyl (C=O) groups is 1. The molecule has 1 aromatic carbocycles. The highest BCUT2D eigenvalue weighted by Crippen LogP contribution is 2.23. The fraction of sp³-hybridized carbons (Fsp3) is 0.435. The van der Waals surface area contributed by atoms with Crippen molar-refractivity contribution in [3.8, 4) is 5.69 Å². The van der Waals surface area contributed by atoms with Crippen LogP contribution in [-0.2, 0) is 16.9 Å². The zero-order chi connectivity index (χ0) is 23.8. The first-order valence-corrected chi connectivity index (χ1v) is 11.0. The molecule has 0 atom stereocenters. The number of nitro groups is 1. The standard InChI is InChI=1S/C23H29N7O3/c1-17-21(18(2)29(25-17)19-8-6-5-7-9-19)16-26-10-12-27(13-11-26)22(31)23(3,4)28-15-20(14-24-28)30(32)33/h5-9,14-15H,10-13,16H2,1-4H3. The zero-order valence-electron chi connectivity index (χ0n) is 19.4. The quantitative estimate of drug-likeness (QED) is 0.422. The van der Waals surface area contributed by atoms with E-state index in [4.69, 9.17) is 5.10 Å². The minimum absolute atomic E-state index is 0.0931. The molecule has 1 amide bonds. The first kappa shape index (κ1) is 22.7. The number of hydrogen-bond acceptors (Lipinski definition) is 6. The second-order valence-corrected chi connectivity index (χ2v) is 8.92. The van der Waals surface area contributed by atoms with Crippen LogP contribution in [0.4, 0.5) is 5.69 Å². The average molecular weight is 452 g/mol. The Morgan fingerprint density at radius 3 is 2.39 bits per heavy atom. The summed E-state index contributed by atoms with van der Waals surface area (Å²) >= 11 is 0. The summed E-state index contributed by atoms with van der Waals surface area (Å²) in [6, 6.07) is 10.1. The second kappa shape index (κ2) is 8.78. The van der Waals surface area contributed by atoms with Gasteiger partial charge in [0, 0.05) is 44.0 Å². The van der Waals surface area contributed by atoms with Crippen molar-refractivity contribution >= 4 is 11.6 Å². The largest absolute Gasteiger partial charge is 0.338 e. The van der Waals surface area contributed by atoms with Crippen LogP contribution in [0.3, 0.4) is 0 Å². The average Bonchev–Trinajstić information content (AvgIpc) is 3.42. The topological polar surface area (TPSA) is 102 Å².